The first-order valence-electron chi connectivity index (χ1n) is 9.57. The minimum atomic E-state index is -4.87. The average molecular weight is 474 g/mol. The molecule has 4 rings (SSSR count). The molecule has 1 aromatic heterocycles. The number of pyridine rings is 1. The molecule has 0 fully saturated rings. The summed E-state index contributed by atoms with van der Waals surface area (Å²) in [6.07, 6.45) is -8.26. The van der Waals surface area contributed by atoms with Crippen LogP contribution >= 0.6 is 0 Å². The molecule has 0 saturated carbocycles. The van der Waals surface area contributed by atoms with Crippen LogP contribution in [0.1, 0.15) is 11.3 Å². The summed E-state index contributed by atoms with van der Waals surface area (Å²) in [4.78, 5) is 16.2. The van der Waals surface area contributed by atoms with Crippen LogP contribution in [0.5, 0.6) is 23.0 Å². The quantitative estimate of drug-likeness (QED) is 0.473. The molecule has 1 aliphatic rings. The lowest BCUT2D eigenvalue weighted by atomic mass is 10.2. The smallest absolute Gasteiger partial charge is 0.457 e. The Labute approximate surface area is 189 Å². The van der Waals surface area contributed by atoms with E-state index in [4.69, 9.17) is 10.00 Å². The average Bonchev–Trinajstić information content (AvgIpc) is 2.76. The Morgan fingerprint density at radius 2 is 1.68 bits per heavy atom. The molecule has 2 heterocycles. The Balaban J connectivity index is 1.42. The Morgan fingerprint density at radius 1 is 0.971 bits per heavy atom. The molecule has 0 bridgehead atoms. The number of benzene rings is 2. The van der Waals surface area contributed by atoms with Crippen LogP contribution in [0, 0.1) is 18.3 Å². The van der Waals surface area contributed by atoms with Crippen molar-refractivity contribution in [2.45, 2.75) is 19.1 Å². The summed E-state index contributed by atoms with van der Waals surface area (Å²) >= 11 is 0. The number of urea groups is 1. The zero-order valence-corrected chi connectivity index (χ0v) is 17.2. The largest absolute Gasteiger partial charge is 0.507 e. The van der Waals surface area contributed by atoms with Crippen molar-refractivity contribution in [2.24, 2.45) is 0 Å². The summed E-state index contributed by atoms with van der Waals surface area (Å²) < 4.78 is 67.0. The van der Waals surface area contributed by atoms with E-state index in [1.54, 1.807) is 31.2 Å². The van der Waals surface area contributed by atoms with Gasteiger partial charge in [0.25, 0.3) is 0 Å². The lowest BCUT2D eigenvalue weighted by Gasteiger charge is -2.31. The van der Waals surface area contributed by atoms with Gasteiger partial charge in [-0.2, -0.15) is 22.8 Å². The number of carbonyl (C=O) groups excluding carboxylic acids is 1. The van der Waals surface area contributed by atoms with Crippen molar-refractivity contribution in [3.63, 3.8) is 0 Å². The van der Waals surface area contributed by atoms with E-state index in [0.717, 1.165) is 12.1 Å². The number of aromatic nitrogens is 1. The molecule has 1 aliphatic heterocycles. The number of aryl methyl sites for hydroxylation is 1. The van der Waals surface area contributed by atoms with Gasteiger partial charge in [-0.3, -0.25) is 0 Å². The predicted molar refractivity (Wildman–Crippen MR) is 110 cm³/mol. The maximum absolute atomic E-state index is 13.4. The van der Waals surface area contributed by atoms with Gasteiger partial charge in [0, 0.05) is 29.7 Å². The molecule has 0 atom stereocenters. The molecule has 8 nitrogen and oxygen atoms in total. The SMILES string of the molecule is Cc1cc(Oc2ccnc(C#N)c2)ccc1NC(=O)Nc1ccc2c(c1)OC(F)(F)C(F)(F)O2. The maximum atomic E-state index is 13.4. The highest BCUT2D eigenvalue weighted by Crippen LogP contribution is 2.47. The lowest BCUT2D eigenvalue weighted by Crippen LogP contribution is -2.52. The predicted octanol–water partition coefficient (Wildman–Crippen LogP) is 5.65. The third-order valence-corrected chi connectivity index (χ3v) is 4.54. The number of fused-ring (bicyclic) bond motifs is 1. The number of anilines is 2. The van der Waals surface area contributed by atoms with Crippen LogP contribution in [-0.2, 0) is 0 Å². The van der Waals surface area contributed by atoms with Crippen LogP contribution in [0.25, 0.3) is 0 Å². The molecule has 0 aliphatic carbocycles. The van der Waals surface area contributed by atoms with Gasteiger partial charge in [-0.05, 0) is 48.9 Å². The van der Waals surface area contributed by atoms with E-state index >= 15 is 0 Å². The van der Waals surface area contributed by atoms with Crippen LogP contribution < -0.4 is 24.8 Å². The molecule has 2 amide bonds. The van der Waals surface area contributed by atoms with Crippen LogP contribution in [-0.4, -0.2) is 23.2 Å². The summed E-state index contributed by atoms with van der Waals surface area (Å²) in [6, 6.07) is 12.1. The molecule has 2 aromatic carbocycles. The van der Waals surface area contributed by atoms with E-state index in [1.165, 1.54) is 18.3 Å². The second-order valence-electron chi connectivity index (χ2n) is 7.05. The Hall–Kier alpha value is -4.53. The fourth-order valence-electron chi connectivity index (χ4n) is 2.94. The van der Waals surface area contributed by atoms with E-state index in [2.05, 4.69) is 25.1 Å². The Morgan fingerprint density at radius 3 is 2.38 bits per heavy atom. The molecule has 2 N–H and O–H groups in total. The number of nitrogens with zero attached hydrogens (tertiary/aromatic N) is 2. The van der Waals surface area contributed by atoms with Gasteiger partial charge >= 0.3 is 18.2 Å². The molecule has 0 spiro atoms. The maximum Gasteiger partial charge on any atom is 0.507 e. The first-order valence-corrected chi connectivity index (χ1v) is 9.57. The highest BCUT2D eigenvalue weighted by Gasteiger charge is 2.65. The molecule has 0 unspecified atom stereocenters. The van der Waals surface area contributed by atoms with Gasteiger partial charge in [0.1, 0.15) is 23.3 Å². The van der Waals surface area contributed by atoms with Crippen LogP contribution in [0.2, 0.25) is 0 Å². The fourth-order valence-corrected chi connectivity index (χ4v) is 2.94. The van der Waals surface area contributed by atoms with E-state index < -0.39 is 29.7 Å². The van der Waals surface area contributed by atoms with E-state index in [0.29, 0.717) is 22.7 Å². The summed E-state index contributed by atoms with van der Waals surface area (Å²) in [7, 11) is 0. The van der Waals surface area contributed by atoms with Crippen molar-refractivity contribution in [1.82, 2.24) is 4.98 Å². The number of alkyl halides is 4. The number of hydrogen-bond donors (Lipinski definition) is 2. The number of amides is 2. The van der Waals surface area contributed by atoms with Crippen molar-refractivity contribution in [1.29, 1.82) is 5.26 Å². The van der Waals surface area contributed by atoms with Gasteiger partial charge in [0.15, 0.2) is 11.5 Å². The number of ether oxygens (including phenoxy) is 3. The summed E-state index contributed by atoms with van der Waals surface area (Å²) in [6.45, 7) is 1.71. The van der Waals surface area contributed by atoms with E-state index in [1.807, 2.05) is 6.07 Å². The summed E-state index contributed by atoms with van der Waals surface area (Å²) in [5.74, 6) is -0.388. The van der Waals surface area contributed by atoms with Crippen molar-refractivity contribution in [3.05, 3.63) is 66.0 Å². The molecule has 34 heavy (non-hydrogen) atoms. The van der Waals surface area contributed by atoms with Crippen molar-refractivity contribution < 1.29 is 36.6 Å². The van der Waals surface area contributed by atoms with Gasteiger partial charge in [0.05, 0.1) is 0 Å². The number of halogens is 4. The summed E-state index contributed by atoms with van der Waals surface area (Å²) in [5.41, 5.74) is 1.25. The normalized spacial score (nSPS) is 15.1. The molecular formula is C22H14F4N4O4. The van der Waals surface area contributed by atoms with Crippen molar-refractivity contribution in [2.75, 3.05) is 10.6 Å². The van der Waals surface area contributed by atoms with Crippen LogP contribution in [0.15, 0.2) is 54.7 Å². The number of rotatable bonds is 4. The summed E-state index contributed by atoms with van der Waals surface area (Å²) in [5, 5.41) is 13.9. The molecule has 0 saturated heterocycles. The monoisotopic (exact) mass is 474 g/mol. The number of carbonyl (C=O) groups is 1. The number of nitriles is 1. The topological polar surface area (TPSA) is 106 Å². The van der Waals surface area contributed by atoms with Gasteiger partial charge < -0.3 is 24.8 Å². The molecule has 174 valence electrons. The lowest BCUT2D eigenvalue weighted by molar-refractivity contribution is -0.391. The zero-order chi connectivity index (χ0) is 24.5. The van der Waals surface area contributed by atoms with Gasteiger partial charge in [-0.1, -0.05) is 0 Å². The van der Waals surface area contributed by atoms with Gasteiger partial charge in [-0.15, -0.1) is 0 Å². The van der Waals surface area contributed by atoms with Crippen LogP contribution in [0.3, 0.4) is 0 Å². The zero-order valence-electron chi connectivity index (χ0n) is 17.2. The van der Waals surface area contributed by atoms with Crippen molar-refractivity contribution >= 4 is 17.4 Å². The number of hydrogen-bond acceptors (Lipinski definition) is 6. The third kappa shape index (κ3) is 4.63. The standard InChI is InChI=1S/C22H14F4N4O4/c1-12-8-15(32-16-6-7-28-14(9-16)11-27)3-4-17(12)30-20(31)29-13-2-5-18-19(10-13)34-22(25,26)21(23,24)33-18/h2-10H,1H3,(H2,29,30,31). The Kier molecular flexibility index (Phi) is 5.62. The molecular weight excluding hydrogens is 460 g/mol. The molecule has 12 heteroatoms. The third-order valence-electron chi connectivity index (χ3n) is 4.54. The first-order chi connectivity index (χ1) is 16.1. The number of nitrogens with one attached hydrogen (secondary N) is 2. The van der Waals surface area contributed by atoms with Crippen molar-refractivity contribution in [3.8, 4) is 29.1 Å². The minimum Gasteiger partial charge on any atom is -0.457 e. The second kappa shape index (κ2) is 8.43. The Bertz CT molecular complexity index is 1310. The van der Waals surface area contributed by atoms with E-state index in [9.17, 15) is 22.4 Å². The molecule has 3 aromatic rings. The first kappa shape index (κ1) is 22.7. The molecule has 0 radical (unpaired) electrons. The minimum absolute atomic E-state index is 0.00413. The van der Waals surface area contributed by atoms with Gasteiger partial charge in [0.2, 0.25) is 0 Å². The fraction of sp³-hybridized carbons (Fsp3) is 0.136. The highest BCUT2D eigenvalue weighted by atomic mass is 19.3. The van der Waals surface area contributed by atoms with Gasteiger partial charge in [-0.25, -0.2) is 9.78 Å². The second-order valence-corrected chi connectivity index (χ2v) is 7.05. The van der Waals surface area contributed by atoms with Crippen LogP contribution in [0.4, 0.5) is 33.7 Å². The van der Waals surface area contributed by atoms with E-state index in [-0.39, 0.29) is 11.4 Å². The highest BCUT2D eigenvalue weighted by molar-refractivity contribution is 6.00.